The Labute approximate surface area is 101 Å². The molecular weight excluding hydrogens is 216 g/mol. The fraction of sp³-hybridized carbons (Fsp3) is 0.833. The van der Waals surface area contributed by atoms with Crippen LogP contribution in [0.1, 0.15) is 50.2 Å². The van der Waals surface area contributed by atoms with Crippen molar-refractivity contribution in [1.82, 2.24) is 15.0 Å². The van der Waals surface area contributed by atoms with Crippen LogP contribution in [0.25, 0.3) is 0 Å². The van der Waals surface area contributed by atoms with Crippen molar-refractivity contribution >= 4 is 0 Å². The molecule has 1 saturated carbocycles. The highest BCUT2D eigenvalue weighted by Crippen LogP contribution is 2.40. The van der Waals surface area contributed by atoms with Crippen LogP contribution in [0.3, 0.4) is 0 Å². The van der Waals surface area contributed by atoms with Gasteiger partial charge < -0.3 is 15.2 Å². The lowest BCUT2D eigenvalue weighted by Gasteiger charge is -2.36. The molecule has 2 fully saturated rings. The maximum absolute atomic E-state index is 6.42. The summed E-state index contributed by atoms with van der Waals surface area (Å²) in [5, 5.41) is 4.09. The zero-order chi connectivity index (χ0) is 11.9. The predicted octanol–water partition coefficient (Wildman–Crippen LogP) is 1.22. The average molecular weight is 236 g/mol. The first-order chi connectivity index (χ1) is 8.21. The first-order valence-corrected chi connectivity index (χ1v) is 6.56. The molecule has 5 nitrogen and oxygen atoms in total. The monoisotopic (exact) mass is 236 g/mol. The molecule has 0 amide bonds. The Morgan fingerprint density at radius 3 is 2.71 bits per heavy atom. The molecule has 2 aliphatic rings. The van der Waals surface area contributed by atoms with Crippen molar-refractivity contribution in [2.24, 2.45) is 5.73 Å². The molecule has 0 unspecified atom stereocenters. The molecule has 17 heavy (non-hydrogen) atoms. The van der Waals surface area contributed by atoms with Gasteiger partial charge in [-0.3, -0.25) is 0 Å². The summed E-state index contributed by atoms with van der Waals surface area (Å²) < 4.78 is 5.31. The van der Waals surface area contributed by atoms with E-state index in [1.54, 1.807) is 0 Å². The van der Waals surface area contributed by atoms with Gasteiger partial charge in [-0.1, -0.05) is 12.1 Å². The summed E-state index contributed by atoms with van der Waals surface area (Å²) in [6, 6.07) is 0. The van der Waals surface area contributed by atoms with E-state index in [0.29, 0.717) is 5.92 Å². The van der Waals surface area contributed by atoms with E-state index in [2.05, 4.69) is 22.0 Å². The highest BCUT2D eigenvalue weighted by molar-refractivity contribution is 5.09. The van der Waals surface area contributed by atoms with Gasteiger partial charge in [0.25, 0.3) is 0 Å². The smallest absolute Gasteiger partial charge is 0.229 e. The minimum atomic E-state index is -0.373. The number of hydrogen-bond acceptors (Lipinski definition) is 5. The summed E-state index contributed by atoms with van der Waals surface area (Å²) in [5.41, 5.74) is 6.05. The lowest BCUT2D eigenvalue weighted by molar-refractivity contribution is 0.160. The molecule has 1 saturated heterocycles. The van der Waals surface area contributed by atoms with E-state index in [9.17, 15) is 0 Å². The number of aromatic nitrogens is 2. The highest BCUT2D eigenvalue weighted by Gasteiger charge is 2.38. The quantitative estimate of drug-likeness (QED) is 0.854. The minimum absolute atomic E-state index is 0.373. The average Bonchev–Trinajstić information content (AvgIpc) is 3.08. The van der Waals surface area contributed by atoms with Gasteiger partial charge in [0.15, 0.2) is 5.82 Å². The van der Waals surface area contributed by atoms with Gasteiger partial charge >= 0.3 is 0 Å². The fourth-order valence-corrected chi connectivity index (χ4v) is 2.43. The number of nitrogens with zero attached hydrogens (tertiary/aromatic N) is 3. The molecule has 0 spiro atoms. The van der Waals surface area contributed by atoms with E-state index in [1.165, 1.54) is 12.8 Å². The second-order valence-corrected chi connectivity index (χ2v) is 5.32. The molecule has 0 aromatic carbocycles. The molecular formula is C12H20N4O. The summed E-state index contributed by atoms with van der Waals surface area (Å²) in [6.45, 7) is 5.33. The molecule has 2 heterocycles. The largest absolute Gasteiger partial charge is 0.339 e. The van der Waals surface area contributed by atoms with Gasteiger partial charge in [-0.05, 0) is 32.2 Å². The van der Waals surface area contributed by atoms with Crippen molar-refractivity contribution in [3.8, 4) is 0 Å². The molecule has 0 atom stereocenters. The lowest BCUT2D eigenvalue weighted by atomic mass is 9.88. The number of piperidine rings is 1. The normalized spacial score (nSPS) is 25.1. The molecule has 3 rings (SSSR count). The summed E-state index contributed by atoms with van der Waals surface area (Å²) in [7, 11) is 0. The number of rotatable bonds is 3. The van der Waals surface area contributed by atoms with E-state index in [1.807, 2.05) is 0 Å². The van der Waals surface area contributed by atoms with Crippen LogP contribution in [-0.4, -0.2) is 34.7 Å². The molecule has 2 N–H and O–H groups in total. The third-order valence-corrected chi connectivity index (χ3v) is 4.01. The van der Waals surface area contributed by atoms with Crippen LogP contribution in [0.4, 0.5) is 0 Å². The van der Waals surface area contributed by atoms with Crippen molar-refractivity contribution in [3.05, 3.63) is 11.7 Å². The SMILES string of the molecule is CCN1CCC(N)(c2noc(C3CC3)n2)CC1. The van der Waals surface area contributed by atoms with Crippen molar-refractivity contribution in [2.75, 3.05) is 19.6 Å². The zero-order valence-electron chi connectivity index (χ0n) is 10.4. The van der Waals surface area contributed by atoms with Crippen LogP contribution >= 0.6 is 0 Å². The Kier molecular flexibility index (Phi) is 2.67. The number of likely N-dealkylation sites (tertiary alicyclic amines) is 1. The van der Waals surface area contributed by atoms with Crippen molar-refractivity contribution in [2.45, 2.75) is 44.1 Å². The molecule has 5 heteroatoms. The third-order valence-electron chi connectivity index (χ3n) is 4.01. The molecule has 1 aromatic rings. The third kappa shape index (κ3) is 2.09. The molecule has 1 aliphatic carbocycles. The van der Waals surface area contributed by atoms with Gasteiger partial charge in [0, 0.05) is 19.0 Å². The summed E-state index contributed by atoms with van der Waals surface area (Å²) in [5.74, 6) is 2.02. The van der Waals surface area contributed by atoms with Gasteiger partial charge in [-0.25, -0.2) is 0 Å². The van der Waals surface area contributed by atoms with E-state index in [0.717, 1.165) is 44.2 Å². The zero-order valence-corrected chi connectivity index (χ0v) is 10.4. The van der Waals surface area contributed by atoms with Crippen LogP contribution in [0.2, 0.25) is 0 Å². The maximum Gasteiger partial charge on any atom is 0.229 e. The van der Waals surface area contributed by atoms with Crippen LogP contribution in [0.5, 0.6) is 0 Å². The van der Waals surface area contributed by atoms with Crippen LogP contribution in [-0.2, 0) is 5.54 Å². The van der Waals surface area contributed by atoms with Gasteiger partial charge in [-0.15, -0.1) is 0 Å². The van der Waals surface area contributed by atoms with Crippen LogP contribution < -0.4 is 5.73 Å². The standard InChI is InChI=1S/C12H20N4O/c1-2-16-7-5-12(13,6-8-16)11-14-10(17-15-11)9-3-4-9/h9H,2-8,13H2,1H3. The van der Waals surface area contributed by atoms with E-state index in [4.69, 9.17) is 10.3 Å². The van der Waals surface area contributed by atoms with Gasteiger partial charge in [-0.2, -0.15) is 4.98 Å². The van der Waals surface area contributed by atoms with Crippen molar-refractivity contribution in [3.63, 3.8) is 0 Å². The Morgan fingerprint density at radius 1 is 1.41 bits per heavy atom. The Bertz CT molecular complexity index is 391. The van der Waals surface area contributed by atoms with Crippen LogP contribution in [0.15, 0.2) is 4.52 Å². The Balaban J connectivity index is 1.73. The van der Waals surface area contributed by atoms with Crippen molar-refractivity contribution in [1.29, 1.82) is 0 Å². The molecule has 1 aliphatic heterocycles. The second kappa shape index (κ2) is 4.07. The predicted molar refractivity (Wildman–Crippen MR) is 63.5 cm³/mol. The van der Waals surface area contributed by atoms with Gasteiger partial charge in [0.05, 0.1) is 5.54 Å². The summed E-state index contributed by atoms with van der Waals surface area (Å²) in [4.78, 5) is 6.91. The van der Waals surface area contributed by atoms with E-state index >= 15 is 0 Å². The topological polar surface area (TPSA) is 68.2 Å². The lowest BCUT2D eigenvalue weighted by Crippen LogP contribution is -2.48. The maximum atomic E-state index is 6.42. The molecule has 0 radical (unpaired) electrons. The molecule has 94 valence electrons. The fourth-order valence-electron chi connectivity index (χ4n) is 2.43. The minimum Gasteiger partial charge on any atom is -0.339 e. The number of hydrogen-bond donors (Lipinski definition) is 1. The van der Waals surface area contributed by atoms with Crippen LogP contribution in [0, 0.1) is 0 Å². The first-order valence-electron chi connectivity index (χ1n) is 6.56. The highest BCUT2D eigenvalue weighted by atomic mass is 16.5. The van der Waals surface area contributed by atoms with E-state index in [-0.39, 0.29) is 5.54 Å². The Hall–Kier alpha value is -0.940. The first kappa shape index (κ1) is 11.2. The Morgan fingerprint density at radius 2 is 2.12 bits per heavy atom. The van der Waals surface area contributed by atoms with Gasteiger partial charge in [0.1, 0.15) is 0 Å². The number of nitrogens with two attached hydrogens (primary N) is 1. The summed E-state index contributed by atoms with van der Waals surface area (Å²) in [6.07, 6.45) is 4.21. The van der Waals surface area contributed by atoms with E-state index < -0.39 is 0 Å². The van der Waals surface area contributed by atoms with Crippen molar-refractivity contribution < 1.29 is 4.52 Å². The van der Waals surface area contributed by atoms with Gasteiger partial charge in [0.2, 0.25) is 5.89 Å². The molecule has 0 bridgehead atoms. The summed E-state index contributed by atoms with van der Waals surface area (Å²) >= 11 is 0. The second-order valence-electron chi connectivity index (χ2n) is 5.32. The molecule has 1 aromatic heterocycles.